The van der Waals surface area contributed by atoms with Gasteiger partial charge in [0.2, 0.25) is 5.95 Å². The third-order valence-electron chi connectivity index (χ3n) is 6.97. The van der Waals surface area contributed by atoms with Crippen LogP contribution in [0.5, 0.6) is 0 Å². The van der Waals surface area contributed by atoms with Crippen molar-refractivity contribution < 1.29 is 9.13 Å². The van der Waals surface area contributed by atoms with Crippen molar-refractivity contribution in [2.45, 2.75) is 13.0 Å². The lowest BCUT2D eigenvalue weighted by atomic mass is 10.2. The number of benzene rings is 3. The van der Waals surface area contributed by atoms with Gasteiger partial charge in [0, 0.05) is 30.6 Å². The van der Waals surface area contributed by atoms with E-state index in [1.165, 1.54) is 6.07 Å². The van der Waals surface area contributed by atoms with Gasteiger partial charge in [-0.05, 0) is 43.3 Å². The number of hydrazone groups is 1. The lowest BCUT2D eigenvalue weighted by molar-refractivity contribution is 0.0378. The van der Waals surface area contributed by atoms with Crippen LogP contribution >= 0.6 is 0 Å². The Morgan fingerprint density at radius 3 is 2.55 bits per heavy atom. The predicted octanol–water partition coefficient (Wildman–Crippen LogP) is 4.75. The van der Waals surface area contributed by atoms with Gasteiger partial charge in [0.25, 0.3) is 0 Å². The molecule has 3 heterocycles. The minimum Gasteiger partial charge on any atom is -0.379 e. The van der Waals surface area contributed by atoms with Crippen molar-refractivity contribution in [2.75, 3.05) is 50.1 Å². The van der Waals surface area contributed by atoms with Gasteiger partial charge < -0.3 is 14.6 Å². The summed E-state index contributed by atoms with van der Waals surface area (Å²) in [5, 5.41) is 8.85. The van der Waals surface area contributed by atoms with Crippen LogP contribution in [0.25, 0.3) is 21.9 Å². The Morgan fingerprint density at radius 1 is 0.900 bits per heavy atom. The molecule has 6 rings (SSSR count). The van der Waals surface area contributed by atoms with Gasteiger partial charge in [-0.15, -0.1) is 0 Å². The molecule has 0 radical (unpaired) electrons. The normalized spacial score (nSPS) is 14.3. The van der Waals surface area contributed by atoms with E-state index in [9.17, 15) is 4.39 Å². The van der Waals surface area contributed by atoms with Crippen molar-refractivity contribution in [1.82, 2.24) is 24.4 Å². The molecule has 0 unspecified atom stereocenters. The van der Waals surface area contributed by atoms with Crippen LogP contribution in [0.3, 0.4) is 0 Å². The number of nitrogens with zero attached hydrogens (tertiary/aromatic N) is 6. The number of nitrogens with one attached hydrogen (secondary N) is 2. The van der Waals surface area contributed by atoms with E-state index in [2.05, 4.69) is 25.7 Å². The first-order valence-corrected chi connectivity index (χ1v) is 13.5. The van der Waals surface area contributed by atoms with E-state index in [1.807, 2.05) is 59.2 Å². The third-order valence-corrected chi connectivity index (χ3v) is 6.97. The van der Waals surface area contributed by atoms with E-state index in [0.717, 1.165) is 73.6 Å². The lowest BCUT2D eigenvalue weighted by Gasteiger charge is -2.26. The summed E-state index contributed by atoms with van der Waals surface area (Å²) in [6.07, 6.45) is 2.62. The van der Waals surface area contributed by atoms with Gasteiger partial charge in [0.15, 0.2) is 5.82 Å². The van der Waals surface area contributed by atoms with Crippen molar-refractivity contribution >= 4 is 39.9 Å². The molecule has 0 bridgehead atoms. The Labute approximate surface area is 231 Å². The zero-order chi connectivity index (χ0) is 27.1. The molecule has 1 fully saturated rings. The Hall–Kier alpha value is -4.41. The molecule has 3 aromatic carbocycles. The second-order valence-electron chi connectivity index (χ2n) is 9.65. The van der Waals surface area contributed by atoms with Crippen molar-refractivity contribution in [2.24, 2.45) is 5.10 Å². The second kappa shape index (κ2) is 12.2. The van der Waals surface area contributed by atoms with Crippen LogP contribution in [0.15, 0.2) is 77.9 Å². The fourth-order valence-electron chi connectivity index (χ4n) is 4.90. The Morgan fingerprint density at radius 2 is 1.68 bits per heavy atom. The molecule has 204 valence electrons. The third kappa shape index (κ3) is 5.93. The molecular formula is C30H31FN8O. The number of imidazole rings is 1. The summed E-state index contributed by atoms with van der Waals surface area (Å²) in [5.41, 5.74) is 6.08. The van der Waals surface area contributed by atoms with Crippen LogP contribution in [-0.2, 0) is 11.3 Å². The first-order valence-electron chi connectivity index (χ1n) is 13.5. The largest absolute Gasteiger partial charge is 0.379 e. The number of hydrogen-bond donors (Lipinski definition) is 2. The smallest absolute Gasteiger partial charge is 0.246 e. The van der Waals surface area contributed by atoms with Crippen LogP contribution < -0.4 is 10.7 Å². The molecule has 2 N–H and O–H groups in total. The summed E-state index contributed by atoms with van der Waals surface area (Å²) >= 11 is 0. The summed E-state index contributed by atoms with van der Waals surface area (Å²) in [6, 6.07) is 22.4. The monoisotopic (exact) mass is 538 g/mol. The highest BCUT2D eigenvalue weighted by Gasteiger charge is 2.13. The lowest BCUT2D eigenvalue weighted by Crippen LogP contribution is -2.37. The second-order valence-corrected chi connectivity index (χ2v) is 9.65. The fraction of sp³-hybridized carbons (Fsp3) is 0.267. The molecule has 10 heteroatoms. The summed E-state index contributed by atoms with van der Waals surface area (Å²) in [5.74, 6) is 1.48. The van der Waals surface area contributed by atoms with Gasteiger partial charge in [-0.25, -0.2) is 19.8 Å². The minimum atomic E-state index is -0.254. The van der Waals surface area contributed by atoms with Gasteiger partial charge >= 0.3 is 0 Å². The highest BCUT2D eigenvalue weighted by atomic mass is 19.1. The summed E-state index contributed by atoms with van der Waals surface area (Å²) in [6.45, 7) is 5.72. The van der Waals surface area contributed by atoms with Gasteiger partial charge in [0.1, 0.15) is 11.6 Å². The highest BCUT2D eigenvalue weighted by Crippen LogP contribution is 2.22. The number of halogens is 1. The van der Waals surface area contributed by atoms with Crippen LogP contribution in [-0.4, -0.2) is 70.0 Å². The molecule has 0 saturated carbocycles. The van der Waals surface area contributed by atoms with E-state index in [4.69, 9.17) is 14.7 Å². The molecular weight excluding hydrogens is 507 g/mol. The Bertz CT molecular complexity index is 1630. The number of aromatic nitrogens is 4. The first-order chi connectivity index (χ1) is 19.7. The SMILES string of the molecule is Fc1ccccc1Cn1c(/C=N/Nc2nc(NCCCN3CCOCC3)c3ccccc3n2)nc2ccccc21. The molecule has 0 spiro atoms. The van der Waals surface area contributed by atoms with E-state index in [0.29, 0.717) is 23.9 Å². The molecule has 1 aliphatic heterocycles. The number of para-hydroxylation sites is 3. The van der Waals surface area contributed by atoms with Gasteiger partial charge in [0.05, 0.1) is 42.5 Å². The van der Waals surface area contributed by atoms with Crippen LogP contribution in [0.1, 0.15) is 17.8 Å². The summed E-state index contributed by atoms with van der Waals surface area (Å²) in [4.78, 5) is 16.5. The number of rotatable bonds is 10. The molecule has 0 aliphatic carbocycles. The Balaban J connectivity index is 1.20. The molecule has 9 nitrogen and oxygen atoms in total. The van der Waals surface area contributed by atoms with E-state index < -0.39 is 0 Å². The van der Waals surface area contributed by atoms with Gasteiger partial charge in [-0.3, -0.25) is 4.90 Å². The highest BCUT2D eigenvalue weighted by molar-refractivity contribution is 5.90. The molecule has 0 amide bonds. The van der Waals surface area contributed by atoms with E-state index in [1.54, 1.807) is 18.3 Å². The van der Waals surface area contributed by atoms with Crippen molar-refractivity contribution in [3.8, 4) is 0 Å². The zero-order valence-electron chi connectivity index (χ0n) is 22.1. The maximum atomic E-state index is 14.4. The number of ether oxygens (including phenoxy) is 1. The van der Waals surface area contributed by atoms with Crippen molar-refractivity contribution in [3.63, 3.8) is 0 Å². The van der Waals surface area contributed by atoms with Crippen LogP contribution in [0, 0.1) is 5.82 Å². The van der Waals surface area contributed by atoms with Crippen LogP contribution in [0.4, 0.5) is 16.2 Å². The van der Waals surface area contributed by atoms with E-state index in [-0.39, 0.29) is 5.82 Å². The summed E-state index contributed by atoms with van der Waals surface area (Å²) in [7, 11) is 0. The van der Waals surface area contributed by atoms with Gasteiger partial charge in [-0.1, -0.05) is 42.5 Å². The van der Waals surface area contributed by atoms with Crippen molar-refractivity contribution in [1.29, 1.82) is 0 Å². The number of hydrogen-bond acceptors (Lipinski definition) is 8. The maximum absolute atomic E-state index is 14.4. The summed E-state index contributed by atoms with van der Waals surface area (Å²) < 4.78 is 21.8. The molecule has 2 aromatic heterocycles. The minimum absolute atomic E-state index is 0.254. The quantitative estimate of drug-likeness (QED) is 0.151. The molecule has 5 aromatic rings. The van der Waals surface area contributed by atoms with E-state index >= 15 is 0 Å². The molecule has 0 atom stereocenters. The first kappa shape index (κ1) is 25.8. The average Bonchev–Trinajstić information content (AvgIpc) is 3.34. The predicted molar refractivity (Wildman–Crippen MR) is 156 cm³/mol. The zero-order valence-corrected chi connectivity index (χ0v) is 22.1. The topological polar surface area (TPSA) is 92.5 Å². The molecule has 40 heavy (non-hydrogen) atoms. The Kier molecular flexibility index (Phi) is 7.87. The molecule has 1 saturated heterocycles. The average molecular weight is 539 g/mol. The van der Waals surface area contributed by atoms with Crippen LogP contribution in [0.2, 0.25) is 0 Å². The fourth-order valence-corrected chi connectivity index (χ4v) is 4.90. The molecule has 1 aliphatic rings. The number of morpholine rings is 1. The number of fused-ring (bicyclic) bond motifs is 2. The van der Waals surface area contributed by atoms with Gasteiger partial charge in [-0.2, -0.15) is 10.1 Å². The number of anilines is 2. The standard InChI is InChI=1S/C30H31FN8O/c31-24-10-3-1-8-22(24)21-39-27-13-6-5-12-26(27)34-28(39)20-33-37-30-35-25-11-4-2-9-23(25)29(36-30)32-14-7-15-38-16-18-40-19-17-38/h1-6,8-13,20H,7,14-19,21H2,(H2,32,35,36,37)/b33-20+. The van der Waals surface area contributed by atoms with Crippen molar-refractivity contribution in [3.05, 3.63) is 90.0 Å². The maximum Gasteiger partial charge on any atom is 0.246 e.